The van der Waals surface area contributed by atoms with Crippen molar-refractivity contribution in [3.05, 3.63) is 47.5 Å². The first-order chi connectivity index (χ1) is 14.3. The van der Waals surface area contributed by atoms with Crippen LogP contribution in [0.25, 0.3) is 0 Å². The van der Waals surface area contributed by atoms with E-state index in [1.807, 2.05) is 18.2 Å². The zero-order valence-electron chi connectivity index (χ0n) is 17.7. The van der Waals surface area contributed by atoms with Crippen LogP contribution in [0, 0.1) is 5.92 Å². The van der Waals surface area contributed by atoms with Crippen molar-refractivity contribution in [3.8, 4) is 0 Å². The molecule has 0 bridgehead atoms. The van der Waals surface area contributed by atoms with E-state index in [2.05, 4.69) is 49.4 Å². The van der Waals surface area contributed by atoms with Gasteiger partial charge in [-0.2, -0.15) is 0 Å². The summed E-state index contributed by atoms with van der Waals surface area (Å²) in [5, 5.41) is 15.5. The quantitative estimate of drug-likeness (QED) is 0.501. The van der Waals surface area contributed by atoms with Crippen LogP contribution in [0.4, 0.5) is 0 Å². The third kappa shape index (κ3) is 6.85. The number of guanidine groups is 1. The Kier molecular flexibility index (Phi) is 8.49. The van der Waals surface area contributed by atoms with E-state index in [1.165, 1.54) is 24.8 Å². The van der Waals surface area contributed by atoms with Crippen molar-refractivity contribution in [3.63, 3.8) is 0 Å². The molecule has 0 saturated carbocycles. The molecule has 0 amide bonds. The number of fused-ring (bicyclic) bond motifs is 1. The Morgan fingerprint density at radius 1 is 1.17 bits per heavy atom. The fourth-order valence-electron chi connectivity index (χ4n) is 3.53. The summed E-state index contributed by atoms with van der Waals surface area (Å²) >= 11 is 0. The van der Waals surface area contributed by atoms with Crippen LogP contribution < -0.4 is 10.6 Å². The van der Waals surface area contributed by atoms with Gasteiger partial charge in [-0.05, 0) is 24.3 Å². The molecule has 7 nitrogen and oxygen atoms in total. The van der Waals surface area contributed by atoms with Crippen molar-refractivity contribution in [2.24, 2.45) is 10.9 Å². The second-order valence-electron chi connectivity index (χ2n) is 7.73. The van der Waals surface area contributed by atoms with Gasteiger partial charge in [0.2, 0.25) is 0 Å². The lowest BCUT2D eigenvalue weighted by Gasteiger charge is -2.16. The lowest BCUT2D eigenvalue weighted by Crippen LogP contribution is -2.41. The molecular formula is C22H34N6O. The summed E-state index contributed by atoms with van der Waals surface area (Å²) in [7, 11) is 1.80. The van der Waals surface area contributed by atoms with Gasteiger partial charge in [-0.15, -0.1) is 10.2 Å². The van der Waals surface area contributed by atoms with Gasteiger partial charge in [0.1, 0.15) is 11.6 Å². The molecule has 158 valence electrons. The van der Waals surface area contributed by atoms with Crippen LogP contribution in [0.2, 0.25) is 0 Å². The highest BCUT2D eigenvalue weighted by Crippen LogP contribution is 2.14. The van der Waals surface area contributed by atoms with E-state index in [9.17, 15) is 0 Å². The largest absolute Gasteiger partial charge is 0.376 e. The molecule has 0 spiro atoms. The minimum Gasteiger partial charge on any atom is -0.376 e. The monoisotopic (exact) mass is 398 g/mol. The molecule has 1 aromatic heterocycles. The summed E-state index contributed by atoms with van der Waals surface area (Å²) in [5.41, 5.74) is 1.21. The maximum atomic E-state index is 5.82. The molecule has 0 fully saturated rings. The van der Waals surface area contributed by atoms with Gasteiger partial charge in [-0.25, -0.2) is 0 Å². The standard InChI is InChI=1S/C22H34N6O/c1-18(16-29-17-19-9-5-3-6-10-19)15-25-22(23-2)24-13-12-21-27-26-20-11-7-4-8-14-28(20)21/h3,5-6,9-10,18H,4,7-8,11-17H2,1-2H3,(H2,23,24,25). The molecule has 7 heteroatoms. The number of nitrogens with one attached hydrogen (secondary N) is 2. The van der Waals surface area contributed by atoms with E-state index in [0.29, 0.717) is 19.1 Å². The number of rotatable bonds is 9. The number of aryl methyl sites for hydroxylation is 1. The third-order valence-electron chi connectivity index (χ3n) is 5.18. The topological polar surface area (TPSA) is 76.4 Å². The van der Waals surface area contributed by atoms with Crippen LogP contribution >= 0.6 is 0 Å². The average Bonchev–Trinajstić information content (AvgIpc) is 2.97. The molecule has 0 aliphatic carbocycles. The van der Waals surface area contributed by atoms with E-state index >= 15 is 0 Å². The Morgan fingerprint density at radius 3 is 2.86 bits per heavy atom. The van der Waals surface area contributed by atoms with Crippen LogP contribution in [0.1, 0.15) is 43.4 Å². The van der Waals surface area contributed by atoms with E-state index < -0.39 is 0 Å². The van der Waals surface area contributed by atoms with Gasteiger partial charge in [-0.1, -0.05) is 43.7 Å². The van der Waals surface area contributed by atoms with Gasteiger partial charge < -0.3 is 19.9 Å². The Labute approximate surface area is 174 Å². The number of aromatic nitrogens is 3. The molecule has 1 aliphatic rings. The molecule has 2 heterocycles. The summed E-state index contributed by atoms with van der Waals surface area (Å²) < 4.78 is 8.12. The summed E-state index contributed by atoms with van der Waals surface area (Å²) in [6, 6.07) is 10.3. The first kappa shape index (κ1) is 21.3. The van der Waals surface area contributed by atoms with Crippen LogP contribution in [0.15, 0.2) is 35.3 Å². The fraction of sp³-hybridized carbons (Fsp3) is 0.591. The van der Waals surface area contributed by atoms with Crippen molar-refractivity contribution < 1.29 is 4.74 Å². The highest BCUT2D eigenvalue weighted by molar-refractivity contribution is 5.79. The maximum absolute atomic E-state index is 5.82. The second-order valence-corrected chi connectivity index (χ2v) is 7.73. The molecule has 0 saturated heterocycles. The minimum absolute atomic E-state index is 0.393. The van der Waals surface area contributed by atoms with Gasteiger partial charge in [0, 0.05) is 39.5 Å². The lowest BCUT2D eigenvalue weighted by molar-refractivity contribution is 0.0931. The Morgan fingerprint density at radius 2 is 2.03 bits per heavy atom. The van der Waals surface area contributed by atoms with Crippen molar-refractivity contribution in [1.29, 1.82) is 0 Å². The van der Waals surface area contributed by atoms with E-state index in [1.54, 1.807) is 7.05 Å². The molecule has 2 N–H and O–H groups in total. The Hall–Kier alpha value is -2.41. The van der Waals surface area contributed by atoms with Crippen molar-refractivity contribution >= 4 is 5.96 Å². The van der Waals surface area contributed by atoms with Gasteiger partial charge in [0.25, 0.3) is 0 Å². The number of hydrogen-bond donors (Lipinski definition) is 2. The first-order valence-electron chi connectivity index (χ1n) is 10.7. The number of ether oxygens (including phenoxy) is 1. The Bertz CT molecular complexity index is 758. The van der Waals surface area contributed by atoms with Crippen LogP contribution in [-0.4, -0.2) is 47.5 Å². The molecule has 1 atom stereocenters. The van der Waals surface area contributed by atoms with E-state index in [0.717, 1.165) is 50.1 Å². The van der Waals surface area contributed by atoms with Crippen LogP contribution in [0.5, 0.6) is 0 Å². The van der Waals surface area contributed by atoms with Gasteiger partial charge in [0.05, 0.1) is 13.2 Å². The average molecular weight is 399 g/mol. The summed E-state index contributed by atoms with van der Waals surface area (Å²) in [5.74, 6) is 3.43. The predicted octanol–water partition coefficient (Wildman–Crippen LogP) is 2.56. The lowest BCUT2D eigenvalue weighted by atomic mass is 10.2. The number of benzene rings is 1. The summed E-state index contributed by atoms with van der Waals surface area (Å²) in [4.78, 5) is 4.32. The molecule has 0 radical (unpaired) electrons. The predicted molar refractivity (Wildman–Crippen MR) is 116 cm³/mol. The van der Waals surface area contributed by atoms with Crippen LogP contribution in [-0.2, 0) is 30.7 Å². The molecule has 1 aliphatic heterocycles. The number of aliphatic imine (C=N–C) groups is 1. The molecule has 1 unspecified atom stereocenters. The number of hydrogen-bond acceptors (Lipinski definition) is 4. The summed E-state index contributed by atoms with van der Waals surface area (Å²) in [6.07, 6.45) is 5.63. The van der Waals surface area contributed by atoms with Gasteiger partial charge in [0.15, 0.2) is 5.96 Å². The fourth-order valence-corrected chi connectivity index (χ4v) is 3.53. The van der Waals surface area contributed by atoms with E-state index in [4.69, 9.17) is 4.74 Å². The van der Waals surface area contributed by atoms with Crippen LogP contribution in [0.3, 0.4) is 0 Å². The van der Waals surface area contributed by atoms with E-state index in [-0.39, 0.29) is 0 Å². The minimum atomic E-state index is 0.393. The van der Waals surface area contributed by atoms with Crippen molar-refractivity contribution in [1.82, 2.24) is 25.4 Å². The third-order valence-corrected chi connectivity index (χ3v) is 5.18. The molecule has 29 heavy (non-hydrogen) atoms. The molecule has 2 aromatic rings. The molecular weight excluding hydrogens is 364 g/mol. The summed E-state index contributed by atoms with van der Waals surface area (Å²) in [6.45, 7) is 6.19. The SMILES string of the molecule is CN=C(NCCc1nnc2n1CCCCC2)NCC(C)COCc1ccccc1. The highest BCUT2D eigenvalue weighted by Gasteiger charge is 2.14. The molecule has 1 aromatic carbocycles. The van der Waals surface area contributed by atoms with Gasteiger partial charge in [-0.3, -0.25) is 4.99 Å². The normalized spacial score (nSPS) is 15.4. The number of nitrogens with zero attached hydrogens (tertiary/aromatic N) is 4. The highest BCUT2D eigenvalue weighted by atomic mass is 16.5. The van der Waals surface area contributed by atoms with Gasteiger partial charge >= 0.3 is 0 Å². The smallest absolute Gasteiger partial charge is 0.191 e. The molecule has 3 rings (SSSR count). The first-order valence-corrected chi connectivity index (χ1v) is 10.7. The Balaban J connectivity index is 1.33. The zero-order chi connectivity index (χ0) is 20.3. The van der Waals surface area contributed by atoms with Crippen molar-refractivity contribution in [2.45, 2.75) is 52.2 Å². The second kappa shape index (κ2) is 11.6. The zero-order valence-corrected chi connectivity index (χ0v) is 17.7. The maximum Gasteiger partial charge on any atom is 0.191 e. The van der Waals surface area contributed by atoms with Crippen molar-refractivity contribution in [2.75, 3.05) is 26.7 Å².